The molecule has 2 N–H and O–H groups in total. The zero-order valence-corrected chi connectivity index (χ0v) is 16.2. The summed E-state index contributed by atoms with van der Waals surface area (Å²) < 4.78 is 12.8. The summed E-state index contributed by atoms with van der Waals surface area (Å²) in [6.07, 6.45) is 2.04. The number of halogens is 1. The summed E-state index contributed by atoms with van der Waals surface area (Å²) in [5.41, 5.74) is 1.12. The van der Waals surface area contributed by atoms with Crippen molar-refractivity contribution in [3.8, 4) is 5.75 Å². The first-order chi connectivity index (χ1) is 13.1. The van der Waals surface area contributed by atoms with Crippen LogP contribution >= 0.6 is 0 Å². The van der Waals surface area contributed by atoms with Crippen LogP contribution < -0.4 is 5.56 Å². The lowest BCUT2D eigenvalue weighted by Gasteiger charge is -2.31. The quantitative estimate of drug-likeness (QED) is 0.530. The van der Waals surface area contributed by atoms with Gasteiger partial charge in [-0.1, -0.05) is 12.1 Å². The molecule has 0 aliphatic heterocycles. The van der Waals surface area contributed by atoms with Gasteiger partial charge in [-0.15, -0.1) is 0 Å². The molecule has 0 spiro atoms. The first-order valence-corrected chi connectivity index (χ1v) is 8.66. The lowest BCUT2D eigenvalue weighted by atomic mass is 10.1. The van der Waals surface area contributed by atoms with Gasteiger partial charge in [-0.05, 0) is 35.7 Å². The predicted molar refractivity (Wildman–Crippen MR) is 103 cm³/mol. The Balaban J connectivity index is 2.04. The topological polar surface area (TPSA) is 86.3 Å². The Bertz CT molecular complexity index is 1100. The molecule has 146 valence electrons. The average molecular weight is 385 g/mol. The van der Waals surface area contributed by atoms with Crippen LogP contribution in [0.25, 0.3) is 11.0 Å². The summed E-state index contributed by atoms with van der Waals surface area (Å²) in [4.78, 5) is 32.2. The summed E-state index contributed by atoms with van der Waals surface area (Å²) in [6.45, 7) is 0. The molecule has 2 heterocycles. The van der Waals surface area contributed by atoms with Crippen molar-refractivity contribution in [2.75, 3.05) is 28.2 Å². The molecular weight excluding hydrogens is 363 g/mol. The number of carbonyl (C=O) groups is 1. The molecule has 0 atom stereocenters. The zero-order valence-electron chi connectivity index (χ0n) is 16.2. The van der Waals surface area contributed by atoms with Gasteiger partial charge in [0.25, 0.3) is 5.56 Å². The first kappa shape index (κ1) is 19.7. The Morgan fingerprint density at radius 2 is 1.86 bits per heavy atom. The van der Waals surface area contributed by atoms with E-state index in [9.17, 15) is 19.1 Å². The third-order valence-corrected chi connectivity index (χ3v) is 4.91. The summed E-state index contributed by atoms with van der Waals surface area (Å²) >= 11 is 0. The van der Waals surface area contributed by atoms with Crippen LogP contribution in [-0.2, 0) is 6.42 Å². The molecule has 7 nitrogen and oxygen atoms in total. The van der Waals surface area contributed by atoms with E-state index in [2.05, 4.69) is 9.97 Å². The molecule has 3 aromatic rings. The number of aromatic amines is 1. The minimum Gasteiger partial charge on any atom is -0.505 e. The fourth-order valence-electron chi connectivity index (χ4n) is 2.79. The van der Waals surface area contributed by atoms with E-state index >= 15 is 0 Å². The van der Waals surface area contributed by atoms with Crippen molar-refractivity contribution in [3.05, 3.63) is 69.4 Å². The number of hydrogen-bond donors (Lipinski definition) is 2. The summed E-state index contributed by atoms with van der Waals surface area (Å²) in [6, 6.07) is 7.78. The molecule has 28 heavy (non-hydrogen) atoms. The SMILES string of the molecule is CN(C)[N+](C)(C)C(=O)c1c(O)c2ncc(Cc3ccc(F)cc3)cc2[nH]c1=O. The predicted octanol–water partition coefficient (Wildman–Crippen LogP) is 2.05. The van der Waals surface area contributed by atoms with Crippen molar-refractivity contribution in [1.82, 2.24) is 15.0 Å². The Kier molecular flexibility index (Phi) is 5.01. The first-order valence-electron chi connectivity index (χ1n) is 8.66. The molecule has 0 radical (unpaired) electrons. The third kappa shape index (κ3) is 3.51. The molecule has 0 unspecified atom stereocenters. The summed E-state index contributed by atoms with van der Waals surface area (Å²) in [5.74, 6) is -1.31. The number of amides is 1. The standard InChI is InChI=1S/C20H21FN4O3/c1-24(2)25(3,4)20(28)16-18(26)17-15(23-19(16)27)10-13(11-22-17)9-12-5-7-14(21)8-6-12/h5-8,10-11H,9H2,1-4H3,(H-,23,26,27,28)/p+1. The number of H-pyrrole nitrogens is 1. The zero-order chi connectivity index (χ0) is 20.6. The number of nitrogens with one attached hydrogen (secondary N) is 1. The highest BCUT2D eigenvalue weighted by atomic mass is 19.1. The number of pyridine rings is 2. The van der Waals surface area contributed by atoms with Gasteiger partial charge in [-0.2, -0.15) is 9.60 Å². The Labute approximate surface area is 161 Å². The Hall–Kier alpha value is -3.10. The summed E-state index contributed by atoms with van der Waals surface area (Å²) in [5, 5.41) is 12.2. The number of aromatic hydroxyl groups is 1. The van der Waals surface area contributed by atoms with Crippen LogP contribution in [0.1, 0.15) is 21.5 Å². The van der Waals surface area contributed by atoms with Crippen LogP contribution in [0.2, 0.25) is 0 Å². The van der Waals surface area contributed by atoms with Gasteiger partial charge in [0.2, 0.25) is 0 Å². The van der Waals surface area contributed by atoms with Gasteiger partial charge in [0, 0.05) is 20.3 Å². The average Bonchev–Trinajstić information content (AvgIpc) is 2.63. The van der Waals surface area contributed by atoms with Gasteiger partial charge in [-0.3, -0.25) is 9.78 Å². The molecule has 0 fully saturated rings. The van der Waals surface area contributed by atoms with Crippen molar-refractivity contribution in [3.63, 3.8) is 0 Å². The van der Waals surface area contributed by atoms with Crippen LogP contribution in [0.5, 0.6) is 5.75 Å². The molecule has 0 saturated heterocycles. The number of quaternary nitrogens is 1. The second-order valence-electron chi connectivity index (χ2n) is 7.27. The molecule has 8 heteroatoms. The maximum absolute atomic E-state index is 13.0. The van der Waals surface area contributed by atoms with Crippen molar-refractivity contribution < 1.29 is 18.9 Å². The lowest BCUT2D eigenvalue weighted by Crippen LogP contribution is -2.56. The molecule has 1 amide bonds. The van der Waals surface area contributed by atoms with Crippen LogP contribution in [0.3, 0.4) is 0 Å². The normalized spacial score (nSPS) is 11.9. The van der Waals surface area contributed by atoms with Gasteiger partial charge in [0.05, 0.1) is 19.6 Å². The molecule has 0 aliphatic rings. The van der Waals surface area contributed by atoms with E-state index < -0.39 is 17.2 Å². The monoisotopic (exact) mass is 385 g/mol. The van der Waals surface area contributed by atoms with Crippen molar-refractivity contribution in [1.29, 1.82) is 0 Å². The Morgan fingerprint density at radius 3 is 2.46 bits per heavy atom. The van der Waals surface area contributed by atoms with Crippen LogP contribution in [0.4, 0.5) is 4.39 Å². The van der Waals surface area contributed by atoms with Gasteiger partial charge in [0.1, 0.15) is 11.3 Å². The third-order valence-electron chi connectivity index (χ3n) is 4.91. The van der Waals surface area contributed by atoms with Crippen molar-refractivity contribution in [2.24, 2.45) is 0 Å². The van der Waals surface area contributed by atoms with Crippen molar-refractivity contribution in [2.45, 2.75) is 6.42 Å². The van der Waals surface area contributed by atoms with E-state index in [0.29, 0.717) is 11.9 Å². The van der Waals surface area contributed by atoms with Gasteiger partial charge in [-0.25, -0.2) is 9.18 Å². The molecule has 0 bridgehead atoms. The molecule has 2 aromatic heterocycles. The van der Waals surface area contributed by atoms with E-state index in [0.717, 1.165) is 11.1 Å². The highest BCUT2D eigenvalue weighted by Gasteiger charge is 2.36. The second-order valence-corrected chi connectivity index (χ2v) is 7.27. The minimum absolute atomic E-state index is 0.143. The number of nitrogens with zero attached hydrogens (tertiary/aromatic N) is 3. The van der Waals surface area contributed by atoms with E-state index in [1.165, 1.54) is 12.1 Å². The number of benzene rings is 1. The Morgan fingerprint density at radius 1 is 1.21 bits per heavy atom. The largest absolute Gasteiger partial charge is 0.505 e. The molecule has 1 aromatic carbocycles. The number of carbonyl (C=O) groups excluding carboxylic acids is 1. The maximum Gasteiger partial charge on any atom is 0.374 e. The highest BCUT2D eigenvalue weighted by Crippen LogP contribution is 2.26. The van der Waals surface area contributed by atoms with Gasteiger partial charge < -0.3 is 10.1 Å². The number of rotatable bonds is 4. The molecule has 3 rings (SSSR count). The van der Waals surface area contributed by atoms with Crippen LogP contribution in [0.15, 0.2) is 41.3 Å². The van der Waals surface area contributed by atoms with Gasteiger partial charge in [0.15, 0.2) is 11.3 Å². The van der Waals surface area contributed by atoms with E-state index in [1.54, 1.807) is 57.6 Å². The number of hydrogen-bond acceptors (Lipinski definition) is 5. The van der Waals surface area contributed by atoms with Crippen molar-refractivity contribution >= 4 is 16.9 Å². The van der Waals surface area contributed by atoms with Crippen LogP contribution in [0, 0.1) is 5.82 Å². The van der Waals surface area contributed by atoms with E-state index in [-0.39, 0.29) is 21.5 Å². The van der Waals surface area contributed by atoms with Crippen LogP contribution in [-0.4, -0.2) is 58.8 Å². The van der Waals surface area contributed by atoms with E-state index in [4.69, 9.17) is 0 Å². The number of aromatic nitrogens is 2. The smallest absolute Gasteiger partial charge is 0.374 e. The molecule has 0 aliphatic carbocycles. The molecular formula is C20H22FN4O3+. The highest BCUT2D eigenvalue weighted by molar-refractivity contribution is 5.97. The number of fused-ring (bicyclic) bond motifs is 1. The van der Waals surface area contributed by atoms with E-state index in [1.807, 2.05) is 0 Å². The maximum atomic E-state index is 13.0. The van der Waals surface area contributed by atoms with Gasteiger partial charge >= 0.3 is 5.91 Å². The lowest BCUT2D eigenvalue weighted by molar-refractivity contribution is -0.924. The fourth-order valence-corrected chi connectivity index (χ4v) is 2.79. The second kappa shape index (κ2) is 7.14. The minimum atomic E-state index is -0.677. The fraction of sp³-hybridized carbons (Fsp3) is 0.250. The molecule has 0 saturated carbocycles. The summed E-state index contributed by atoms with van der Waals surface area (Å²) in [7, 11) is 6.63.